The zero-order valence-electron chi connectivity index (χ0n) is 10.3. The van der Waals surface area contributed by atoms with Crippen molar-refractivity contribution in [3.05, 3.63) is 64.4 Å². The predicted octanol–water partition coefficient (Wildman–Crippen LogP) is 4.26. The van der Waals surface area contributed by atoms with Crippen LogP contribution in [0.25, 0.3) is 0 Å². The topological polar surface area (TPSA) is 26.3 Å². The Morgan fingerprint density at radius 1 is 1.21 bits per heavy atom. The van der Waals surface area contributed by atoms with Crippen molar-refractivity contribution in [3.63, 3.8) is 0 Å². The van der Waals surface area contributed by atoms with Crippen LogP contribution in [0.2, 0.25) is 5.02 Å². The normalized spacial score (nSPS) is 10.3. The molecule has 0 saturated carbocycles. The van der Waals surface area contributed by atoms with Crippen LogP contribution < -0.4 is 4.74 Å². The standard InChI is InChI=1S/C15H12ClFO2/c1-10(18)12-4-7-15(14(16)8-12)19-9-11-2-5-13(17)6-3-11/h2-8H,9H2,1H3. The number of rotatable bonds is 4. The van der Waals surface area contributed by atoms with Gasteiger partial charge in [0.25, 0.3) is 0 Å². The zero-order valence-corrected chi connectivity index (χ0v) is 11.1. The number of Topliss-reactive ketones (excluding diaryl/α,β-unsaturated/α-hetero) is 1. The smallest absolute Gasteiger partial charge is 0.159 e. The zero-order chi connectivity index (χ0) is 13.8. The Kier molecular flexibility index (Phi) is 4.17. The summed E-state index contributed by atoms with van der Waals surface area (Å²) >= 11 is 6.03. The third-order valence-corrected chi connectivity index (χ3v) is 2.94. The highest BCUT2D eigenvalue weighted by Crippen LogP contribution is 2.26. The lowest BCUT2D eigenvalue weighted by molar-refractivity contribution is 0.101. The lowest BCUT2D eigenvalue weighted by Gasteiger charge is -2.09. The molecule has 2 aromatic carbocycles. The lowest BCUT2D eigenvalue weighted by atomic mass is 10.1. The van der Waals surface area contributed by atoms with Crippen LogP contribution in [0, 0.1) is 5.82 Å². The van der Waals surface area contributed by atoms with Crippen LogP contribution in [0.5, 0.6) is 5.75 Å². The van der Waals surface area contributed by atoms with Gasteiger partial charge in [0.1, 0.15) is 18.2 Å². The number of hydrogen-bond donors (Lipinski definition) is 0. The van der Waals surface area contributed by atoms with Crippen molar-refractivity contribution in [2.24, 2.45) is 0 Å². The Morgan fingerprint density at radius 3 is 2.47 bits per heavy atom. The van der Waals surface area contributed by atoms with Crippen LogP contribution in [0.1, 0.15) is 22.8 Å². The van der Waals surface area contributed by atoms with Gasteiger partial charge in [-0.25, -0.2) is 4.39 Å². The minimum atomic E-state index is -0.285. The first-order valence-electron chi connectivity index (χ1n) is 5.74. The molecule has 0 aliphatic rings. The number of ketones is 1. The van der Waals surface area contributed by atoms with Crippen molar-refractivity contribution in [2.75, 3.05) is 0 Å². The number of hydrogen-bond acceptors (Lipinski definition) is 2. The second-order valence-electron chi connectivity index (χ2n) is 4.12. The molecule has 0 atom stereocenters. The molecule has 98 valence electrons. The molecule has 0 aromatic heterocycles. The summed E-state index contributed by atoms with van der Waals surface area (Å²) in [5, 5.41) is 0.384. The summed E-state index contributed by atoms with van der Waals surface area (Å²) in [4.78, 5) is 11.2. The molecule has 2 rings (SSSR count). The molecule has 4 heteroatoms. The first-order valence-corrected chi connectivity index (χ1v) is 6.12. The largest absolute Gasteiger partial charge is 0.487 e. The van der Waals surface area contributed by atoms with E-state index < -0.39 is 0 Å². The number of halogens is 2. The molecule has 0 spiro atoms. The Bertz CT molecular complexity index is 594. The van der Waals surface area contributed by atoms with E-state index in [1.54, 1.807) is 30.3 Å². The van der Waals surface area contributed by atoms with Crippen LogP contribution in [-0.2, 0) is 6.61 Å². The van der Waals surface area contributed by atoms with Gasteiger partial charge in [-0.1, -0.05) is 23.7 Å². The van der Waals surface area contributed by atoms with E-state index in [1.807, 2.05) is 0 Å². The highest BCUT2D eigenvalue weighted by molar-refractivity contribution is 6.32. The van der Waals surface area contributed by atoms with Crippen LogP contribution in [0.15, 0.2) is 42.5 Å². The Hall–Kier alpha value is -1.87. The van der Waals surface area contributed by atoms with Gasteiger partial charge in [0.05, 0.1) is 5.02 Å². The molecule has 0 fully saturated rings. The maximum absolute atomic E-state index is 12.7. The van der Waals surface area contributed by atoms with Crippen LogP contribution >= 0.6 is 11.6 Å². The van der Waals surface area contributed by atoms with Crippen LogP contribution in [0.3, 0.4) is 0 Å². The maximum atomic E-state index is 12.7. The summed E-state index contributed by atoms with van der Waals surface area (Å²) in [6.45, 7) is 1.77. The molecule has 0 amide bonds. The molecular formula is C15H12ClFO2. The van der Waals surface area contributed by atoms with Crippen molar-refractivity contribution in [2.45, 2.75) is 13.5 Å². The number of benzene rings is 2. The molecule has 0 aliphatic carbocycles. The van der Waals surface area contributed by atoms with Gasteiger partial charge in [-0.3, -0.25) is 4.79 Å². The molecule has 0 radical (unpaired) electrons. The second kappa shape index (κ2) is 5.85. The van der Waals surface area contributed by atoms with Crippen molar-refractivity contribution >= 4 is 17.4 Å². The fourth-order valence-corrected chi connectivity index (χ4v) is 1.81. The van der Waals surface area contributed by atoms with E-state index in [0.29, 0.717) is 22.9 Å². The number of carbonyl (C=O) groups excluding carboxylic acids is 1. The van der Waals surface area contributed by atoms with E-state index in [0.717, 1.165) is 5.56 Å². The average molecular weight is 279 g/mol. The number of carbonyl (C=O) groups is 1. The number of ether oxygens (including phenoxy) is 1. The first kappa shape index (κ1) is 13.6. The summed E-state index contributed by atoms with van der Waals surface area (Å²) in [6, 6.07) is 10.9. The molecule has 0 heterocycles. The lowest BCUT2D eigenvalue weighted by Crippen LogP contribution is -1.98. The fraction of sp³-hybridized carbons (Fsp3) is 0.133. The van der Waals surface area contributed by atoms with Gasteiger partial charge in [0.2, 0.25) is 0 Å². The minimum absolute atomic E-state index is 0.0491. The molecule has 0 N–H and O–H groups in total. The molecule has 0 unspecified atom stereocenters. The van der Waals surface area contributed by atoms with E-state index in [2.05, 4.69) is 0 Å². The fourth-order valence-electron chi connectivity index (χ4n) is 1.58. The summed E-state index contributed by atoms with van der Waals surface area (Å²) in [5.41, 5.74) is 1.38. The monoisotopic (exact) mass is 278 g/mol. The molecular weight excluding hydrogens is 267 g/mol. The van der Waals surface area contributed by atoms with E-state index in [9.17, 15) is 9.18 Å². The predicted molar refractivity (Wildman–Crippen MR) is 72.2 cm³/mol. The van der Waals surface area contributed by atoms with Crippen molar-refractivity contribution < 1.29 is 13.9 Å². The highest BCUT2D eigenvalue weighted by Gasteiger charge is 2.06. The maximum Gasteiger partial charge on any atom is 0.159 e. The highest BCUT2D eigenvalue weighted by atomic mass is 35.5. The van der Waals surface area contributed by atoms with Crippen LogP contribution in [0.4, 0.5) is 4.39 Å². The molecule has 19 heavy (non-hydrogen) atoms. The quantitative estimate of drug-likeness (QED) is 0.781. The molecule has 2 nitrogen and oxygen atoms in total. The third-order valence-electron chi connectivity index (χ3n) is 2.65. The molecule has 0 aliphatic heterocycles. The molecule has 0 bridgehead atoms. The minimum Gasteiger partial charge on any atom is -0.487 e. The SMILES string of the molecule is CC(=O)c1ccc(OCc2ccc(F)cc2)c(Cl)c1. The van der Waals surface area contributed by atoms with Gasteiger partial charge in [-0.15, -0.1) is 0 Å². The summed E-state index contributed by atoms with van der Waals surface area (Å²) < 4.78 is 18.3. The Morgan fingerprint density at radius 2 is 1.89 bits per heavy atom. The van der Waals surface area contributed by atoms with Crippen molar-refractivity contribution in [1.29, 1.82) is 0 Å². The van der Waals surface area contributed by atoms with E-state index >= 15 is 0 Å². The summed E-state index contributed by atoms with van der Waals surface area (Å²) in [6.07, 6.45) is 0. The van der Waals surface area contributed by atoms with Gasteiger partial charge < -0.3 is 4.74 Å². The Labute approximate surface area is 115 Å². The van der Waals surface area contributed by atoms with Gasteiger partial charge in [-0.05, 0) is 42.8 Å². The first-order chi connectivity index (χ1) is 9.06. The van der Waals surface area contributed by atoms with Gasteiger partial charge >= 0.3 is 0 Å². The van der Waals surface area contributed by atoms with Gasteiger partial charge in [-0.2, -0.15) is 0 Å². The molecule has 0 saturated heterocycles. The van der Waals surface area contributed by atoms with E-state index in [4.69, 9.17) is 16.3 Å². The third kappa shape index (κ3) is 3.55. The van der Waals surface area contributed by atoms with Gasteiger partial charge in [0, 0.05) is 5.56 Å². The van der Waals surface area contributed by atoms with E-state index in [1.165, 1.54) is 19.1 Å². The summed E-state index contributed by atoms with van der Waals surface area (Å²) in [7, 11) is 0. The van der Waals surface area contributed by atoms with Crippen molar-refractivity contribution in [3.8, 4) is 5.75 Å². The van der Waals surface area contributed by atoms with Crippen molar-refractivity contribution in [1.82, 2.24) is 0 Å². The average Bonchev–Trinajstić information content (AvgIpc) is 2.39. The van der Waals surface area contributed by atoms with Gasteiger partial charge in [0.15, 0.2) is 5.78 Å². The summed E-state index contributed by atoms with van der Waals surface area (Å²) in [5.74, 6) is 0.163. The second-order valence-corrected chi connectivity index (χ2v) is 4.52. The Balaban J connectivity index is 2.07. The van der Waals surface area contributed by atoms with E-state index in [-0.39, 0.29) is 11.6 Å². The molecule has 2 aromatic rings. The van der Waals surface area contributed by atoms with Crippen LogP contribution in [-0.4, -0.2) is 5.78 Å².